The molecule has 0 aliphatic heterocycles. The summed E-state index contributed by atoms with van der Waals surface area (Å²) in [6.07, 6.45) is 1.85. The molecule has 0 amide bonds. The SMILES string of the molecule is Cc1ccnc(C(C)C)c1-n1c(=O)nc(Cl)c2cc(F)c(-c3c(F)cccc3CC(C)(C)[Si](O)(c3ccccc3)c3ccccc3)nc21. The van der Waals surface area contributed by atoms with Crippen LogP contribution >= 0.6 is 11.6 Å². The molecule has 48 heavy (non-hydrogen) atoms. The predicted molar refractivity (Wildman–Crippen MR) is 190 cm³/mol. The topological polar surface area (TPSA) is 80.9 Å². The van der Waals surface area contributed by atoms with Crippen molar-refractivity contribution in [3.8, 4) is 16.9 Å². The normalized spacial score (nSPS) is 12.2. The average Bonchev–Trinajstić information content (AvgIpc) is 3.06. The van der Waals surface area contributed by atoms with Gasteiger partial charge in [0, 0.05) is 11.8 Å². The Morgan fingerprint density at radius 2 is 1.52 bits per heavy atom. The third-order valence-corrected chi connectivity index (χ3v) is 13.8. The van der Waals surface area contributed by atoms with Crippen LogP contribution in [0.3, 0.4) is 0 Å². The number of benzene rings is 3. The Bertz CT molecular complexity index is 2170. The molecule has 3 aromatic heterocycles. The molecule has 0 aliphatic rings. The molecule has 10 heteroatoms. The molecule has 3 aromatic carbocycles. The molecule has 0 saturated carbocycles. The van der Waals surface area contributed by atoms with E-state index in [1.54, 1.807) is 24.4 Å². The van der Waals surface area contributed by atoms with E-state index >= 15 is 8.78 Å². The van der Waals surface area contributed by atoms with Crippen LogP contribution in [0.5, 0.6) is 0 Å². The maximum atomic E-state index is 16.2. The first kappa shape index (κ1) is 33.3. The van der Waals surface area contributed by atoms with Crippen LogP contribution in [-0.4, -0.2) is 32.6 Å². The third kappa shape index (κ3) is 5.65. The fourth-order valence-electron chi connectivity index (χ4n) is 6.64. The minimum Gasteiger partial charge on any atom is -0.424 e. The van der Waals surface area contributed by atoms with Crippen LogP contribution in [0.1, 0.15) is 50.4 Å². The molecule has 244 valence electrons. The molecule has 6 nitrogen and oxygen atoms in total. The van der Waals surface area contributed by atoms with E-state index in [1.165, 1.54) is 10.6 Å². The molecule has 6 rings (SSSR count). The van der Waals surface area contributed by atoms with Gasteiger partial charge in [-0.1, -0.05) is 112 Å². The van der Waals surface area contributed by atoms with E-state index in [4.69, 9.17) is 11.6 Å². The highest BCUT2D eigenvalue weighted by Gasteiger charge is 2.50. The summed E-state index contributed by atoms with van der Waals surface area (Å²) >= 11 is 6.41. The Labute approximate surface area is 283 Å². The number of halogens is 3. The lowest BCUT2D eigenvalue weighted by Crippen LogP contribution is -2.65. The van der Waals surface area contributed by atoms with E-state index in [-0.39, 0.29) is 39.8 Å². The van der Waals surface area contributed by atoms with Crippen LogP contribution < -0.4 is 16.1 Å². The van der Waals surface area contributed by atoms with E-state index < -0.39 is 30.7 Å². The second kappa shape index (κ2) is 12.8. The van der Waals surface area contributed by atoms with Gasteiger partial charge in [-0.05, 0) is 64.0 Å². The molecule has 0 bridgehead atoms. The first-order valence-electron chi connectivity index (χ1n) is 15.7. The highest BCUT2D eigenvalue weighted by molar-refractivity contribution is 6.98. The summed E-state index contributed by atoms with van der Waals surface area (Å²) in [6.45, 7) is 9.65. The van der Waals surface area contributed by atoms with Gasteiger partial charge in [-0.15, -0.1) is 0 Å². The van der Waals surface area contributed by atoms with Crippen LogP contribution in [0.2, 0.25) is 10.2 Å². The zero-order valence-electron chi connectivity index (χ0n) is 27.3. The van der Waals surface area contributed by atoms with E-state index in [9.17, 15) is 9.59 Å². The van der Waals surface area contributed by atoms with Crippen LogP contribution in [-0.2, 0) is 6.42 Å². The molecule has 0 unspecified atom stereocenters. The first-order valence-corrected chi connectivity index (χ1v) is 18.0. The van der Waals surface area contributed by atoms with Crippen LogP contribution in [0.4, 0.5) is 8.78 Å². The van der Waals surface area contributed by atoms with Crippen molar-refractivity contribution in [1.29, 1.82) is 0 Å². The Morgan fingerprint density at radius 3 is 2.12 bits per heavy atom. The lowest BCUT2D eigenvalue weighted by molar-refractivity contribution is 0.483. The highest BCUT2D eigenvalue weighted by Crippen LogP contribution is 2.42. The van der Waals surface area contributed by atoms with Crippen molar-refractivity contribution < 1.29 is 13.6 Å². The van der Waals surface area contributed by atoms with Gasteiger partial charge in [0.05, 0.1) is 16.8 Å². The number of rotatable bonds is 8. The summed E-state index contributed by atoms with van der Waals surface area (Å²) in [5, 5.41) is 0.665. The van der Waals surface area contributed by atoms with Crippen molar-refractivity contribution >= 4 is 41.3 Å². The average molecular weight is 681 g/mol. The van der Waals surface area contributed by atoms with Crippen LogP contribution in [0.15, 0.2) is 102 Å². The van der Waals surface area contributed by atoms with Crippen molar-refractivity contribution in [3.63, 3.8) is 0 Å². The van der Waals surface area contributed by atoms with Crippen molar-refractivity contribution in [1.82, 2.24) is 19.5 Å². The number of aromatic nitrogens is 4. The predicted octanol–water partition coefficient (Wildman–Crippen LogP) is 7.28. The minimum atomic E-state index is -3.52. The number of fused-ring (bicyclic) bond motifs is 1. The number of nitrogens with zero attached hydrogens (tertiary/aromatic N) is 4. The summed E-state index contributed by atoms with van der Waals surface area (Å²) in [4.78, 5) is 39.5. The van der Waals surface area contributed by atoms with Crippen molar-refractivity contribution in [2.24, 2.45) is 0 Å². The maximum absolute atomic E-state index is 16.2. The Kier molecular flexibility index (Phi) is 8.89. The standard InChI is InChI=1S/C38H35ClF2N4O2Si/c1-23(2)32-34(24(3)19-20-42-32)45-36-28(35(39)44-37(45)46)21-30(41)33(43-36)31-25(13-12-18-29(31)40)22-38(4,5)48(47,26-14-8-6-9-15-26)27-16-10-7-11-17-27/h6-21,23,47H,22H2,1-5H3. The number of hydrogen-bond donors (Lipinski definition) is 1. The summed E-state index contributed by atoms with van der Waals surface area (Å²) < 4.78 is 33.6. The zero-order chi connectivity index (χ0) is 34.4. The van der Waals surface area contributed by atoms with Gasteiger partial charge in [-0.3, -0.25) is 4.98 Å². The van der Waals surface area contributed by atoms with Gasteiger partial charge in [0.2, 0.25) is 0 Å². The second-order valence-electron chi connectivity index (χ2n) is 13.0. The van der Waals surface area contributed by atoms with Gasteiger partial charge in [0.15, 0.2) is 5.65 Å². The molecule has 0 atom stereocenters. The van der Waals surface area contributed by atoms with Gasteiger partial charge in [-0.2, -0.15) is 4.98 Å². The molecule has 0 spiro atoms. The zero-order valence-corrected chi connectivity index (χ0v) is 29.1. The van der Waals surface area contributed by atoms with Gasteiger partial charge in [0.25, 0.3) is 8.32 Å². The van der Waals surface area contributed by atoms with E-state index in [0.717, 1.165) is 22.0 Å². The Morgan fingerprint density at radius 1 is 0.896 bits per heavy atom. The molecule has 0 aliphatic carbocycles. The monoisotopic (exact) mass is 680 g/mol. The lowest BCUT2D eigenvalue weighted by atomic mass is 9.94. The number of hydrogen-bond acceptors (Lipinski definition) is 5. The smallest absolute Gasteiger partial charge is 0.355 e. The number of pyridine rings is 2. The molecule has 0 fully saturated rings. The van der Waals surface area contributed by atoms with Crippen molar-refractivity contribution in [3.05, 3.63) is 141 Å². The van der Waals surface area contributed by atoms with Gasteiger partial charge < -0.3 is 4.80 Å². The minimum absolute atomic E-state index is 0.0299. The summed E-state index contributed by atoms with van der Waals surface area (Å²) in [5.74, 6) is -1.59. The van der Waals surface area contributed by atoms with E-state index in [2.05, 4.69) is 15.0 Å². The lowest BCUT2D eigenvalue weighted by Gasteiger charge is -2.41. The third-order valence-electron chi connectivity index (χ3n) is 9.03. The Balaban J connectivity index is 1.59. The van der Waals surface area contributed by atoms with Gasteiger partial charge in [-0.25, -0.2) is 23.1 Å². The van der Waals surface area contributed by atoms with Gasteiger partial charge in [0.1, 0.15) is 22.5 Å². The summed E-state index contributed by atoms with van der Waals surface area (Å²) in [7, 11) is -3.52. The van der Waals surface area contributed by atoms with E-state index in [1.807, 2.05) is 95.3 Å². The molecule has 3 heterocycles. The first-order chi connectivity index (χ1) is 22.8. The van der Waals surface area contributed by atoms with Crippen molar-refractivity contribution in [2.45, 2.75) is 52.0 Å². The Hall–Kier alpha value is -4.57. The fraction of sp³-hybridized carbons (Fsp3) is 0.211. The maximum Gasteiger partial charge on any atom is 0.355 e. The largest absolute Gasteiger partial charge is 0.424 e. The fourth-order valence-corrected chi connectivity index (χ4v) is 10.5. The van der Waals surface area contributed by atoms with E-state index in [0.29, 0.717) is 16.9 Å². The summed E-state index contributed by atoms with van der Waals surface area (Å²) in [6, 6.07) is 26.5. The molecule has 0 radical (unpaired) electrons. The highest BCUT2D eigenvalue weighted by atomic mass is 35.5. The summed E-state index contributed by atoms with van der Waals surface area (Å²) in [5.41, 5.74) is 1.25. The van der Waals surface area contributed by atoms with Crippen LogP contribution in [0.25, 0.3) is 28.0 Å². The number of aryl methyl sites for hydroxylation is 1. The molecule has 0 saturated heterocycles. The quantitative estimate of drug-likeness (QED) is 0.135. The molecular weight excluding hydrogens is 646 g/mol. The molecule has 6 aromatic rings. The van der Waals surface area contributed by atoms with Crippen LogP contribution in [0, 0.1) is 18.6 Å². The van der Waals surface area contributed by atoms with Gasteiger partial charge >= 0.3 is 5.69 Å². The second-order valence-corrected chi connectivity index (χ2v) is 17.3. The van der Waals surface area contributed by atoms with Crippen molar-refractivity contribution in [2.75, 3.05) is 0 Å². The molecule has 1 N–H and O–H groups in total. The molecular formula is C38H35ClF2N4O2Si.